The zero-order chi connectivity index (χ0) is 20.7. The van der Waals surface area contributed by atoms with Crippen LogP contribution in [0.1, 0.15) is 27.8 Å². The van der Waals surface area contributed by atoms with Crippen LogP contribution in [-0.4, -0.2) is 37.8 Å². The Kier molecular flexibility index (Phi) is 4.17. The van der Waals surface area contributed by atoms with Crippen LogP contribution in [0, 0.1) is 0 Å². The van der Waals surface area contributed by atoms with Crippen molar-refractivity contribution in [3.05, 3.63) is 94.3 Å². The first-order chi connectivity index (χ1) is 14.7. The fraction of sp³-hybridized carbons (Fsp3) is 0.0909. The molecule has 8 nitrogen and oxygen atoms in total. The highest BCUT2D eigenvalue weighted by atomic mass is 16.5. The second-order valence-electron chi connectivity index (χ2n) is 6.88. The number of imidazole rings is 1. The number of H-pyrrole nitrogens is 2. The third kappa shape index (κ3) is 2.86. The molecular formula is C22H17N5O3. The molecule has 8 heteroatoms. The first kappa shape index (κ1) is 17.9. The highest BCUT2D eigenvalue weighted by molar-refractivity contribution is 5.96. The van der Waals surface area contributed by atoms with Gasteiger partial charge in [-0.2, -0.15) is 5.10 Å². The largest absolute Gasteiger partial charge is 0.465 e. The van der Waals surface area contributed by atoms with Crippen molar-refractivity contribution in [3.8, 4) is 11.3 Å². The lowest BCUT2D eigenvalue weighted by Gasteiger charge is -2.21. The number of hydrogen-bond donors (Lipinski definition) is 2. The van der Waals surface area contributed by atoms with Crippen LogP contribution in [0.5, 0.6) is 0 Å². The maximum atomic E-state index is 12.4. The number of pyridine rings is 1. The number of carbonyl (C=O) groups excluding carboxylic acids is 1. The predicted octanol–water partition coefficient (Wildman–Crippen LogP) is 2.98. The summed E-state index contributed by atoms with van der Waals surface area (Å²) in [6.07, 6.45) is 3.32. The van der Waals surface area contributed by atoms with Crippen LogP contribution in [0.25, 0.3) is 22.3 Å². The molecule has 3 aromatic rings. The number of carbonyl (C=O) groups is 1. The van der Waals surface area contributed by atoms with Crippen molar-refractivity contribution >= 4 is 17.0 Å². The van der Waals surface area contributed by atoms with Crippen LogP contribution in [0.4, 0.5) is 0 Å². The Morgan fingerprint density at radius 2 is 1.83 bits per heavy atom. The smallest absolute Gasteiger partial charge is 0.341 e. The zero-order valence-electron chi connectivity index (χ0n) is 16.0. The number of nitrogens with zero attached hydrogens (tertiary/aromatic N) is 3. The molecule has 3 heterocycles. The second kappa shape index (κ2) is 7.00. The van der Waals surface area contributed by atoms with E-state index in [2.05, 4.69) is 15.2 Å². The Labute approximate surface area is 170 Å². The van der Waals surface area contributed by atoms with Gasteiger partial charge < -0.3 is 14.3 Å². The zero-order valence-corrected chi connectivity index (χ0v) is 16.0. The summed E-state index contributed by atoms with van der Waals surface area (Å²) in [6.45, 7) is 0. The van der Waals surface area contributed by atoms with Crippen molar-refractivity contribution in [2.75, 3.05) is 7.11 Å². The minimum absolute atomic E-state index is 0.199. The standard InChI is InChI=1S/C22H17N5O3/c1-30-22(29)15-12-27(11-14-18(15)25-26-21(14)28)19(13-7-3-2-4-8-13)20-23-16-9-5-6-10-17(16)24-20/h2-12,19H,1H3,(H,23,24)(H,26,28). The van der Waals surface area contributed by atoms with Crippen molar-refractivity contribution in [2.45, 2.75) is 6.04 Å². The molecule has 2 aliphatic heterocycles. The Balaban J connectivity index is 1.79. The molecule has 0 aliphatic carbocycles. The number of rotatable bonds is 4. The SMILES string of the molecule is COC(=O)c1cn(C(c2ccccc2)c2nc3ccccc3[nH]2)cc2c(=O)[nH]nc1-2. The topological polar surface area (TPSA) is 106 Å². The van der Waals surface area contributed by atoms with E-state index >= 15 is 0 Å². The van der Waals surface area contributed by atoms with Gasteiger partial charge in [0.15, 0.2) is 0 Å². The third-order valence-electron chi connectivity index (χ3n) is 5.07. The van der Waals surface area contributed by atoms with E-state index in [0.29, 0.717) is 11.4 Å². The third-order valence-corrected chi connectivity index (χ3v) is 5.07. The number of aromatic nitrogens is 5. The highest BCUT2D eigenvalue weighted by Crippen LogP contribution is 2.30. The Hall–Kier alpha value is -4.20. The van der Waals surface area contributed by atoms with E-state index in [4.69, 9.17) is 9.72 Å². The molecule has 1 aromatic heterocycles. The molecule has 1 unspecified atom stereocenters. The van der Waals surface area contributed by atoms with Crippen LogP contribution in [-0.2, 0) is 4.74 Å². The Morgan fingerprint density at radius 3 is 2.60 bits per heavy atom. The lowest BCUT2D eigenvalue weighted by Crippen LogP contribution is -2.18. The fourth-order valence-corrected chi connectivity index (χ4v) is 3.67. The van der Waals surface area contributed by atoms with Gasteiger partial charge in [-0.05, 0) is 17.7 Å². The number of fused-ring (bicyclic) bond motifs is 2. The molecule has 0 bridgehead atoms. The summed E-state index contributed by atoms with van der Waals surface area (Å²) in [4.78, 5) is 32.9. The second-order valence-corrected chi connectivity index (χ2v) is 6.88. The molecule has 0 radical (unpaired) electrons. The first-order valence-electron chi connectivity index (χ1n) is 9.33. The van der Waals surface area contributed by atoms with Crippen LogP contribution in [0.3, 0.4) is 0 Å². The molecule has 148 valence electrons. The van der Waals surface area contributed by atoms with Crippen LogP contribution < -0.4 is 5.56 Å². The average molecular weight is 399 g/mol. The number of para-hydroxylation sites is 2. The number of hydrogen-bond acceptors (Lipinski definition) is 5. The Bertz CT molecular complexity index is 1350. The number of esters is 1. The van der Waals surface area contributed by atoms with Crippen molar-refractivity contribution < 1.29 is 9.53 Å². The highest BCUT2D eigenvalue weighted by Gasteiger charge is 2.26. The van der Waals surface area contributed by atoms with Gasteiger partial charge in [-0.15, -0.1) is 0 Å². The minimum atomic E-state index is -0.572. The van der Waals surface area contributed by atoms with Gasteiger partial charge in [0, 0.05) is 12.4 Å². The van der Waals surface area contributed by atoms with E-state index in [1.165, 1.54) is 7.11 Å². The number of methoxy groups -OCH3 is 1. The maximum absolute atomic E-state index is 12.4. The quantitative estimate of drug-likeness (QED) is 0.452. The van der Waals surface area contributed by atoms with Crippen LogP contribution >= 0.6 is 0 Å². The van der Waals surface area contributed by atoms with Crippen molar-refractivity contribution in [1.29, 1.82) is 0 Å². The number of nitrogens with one attached hydrogen (secondary N) is 2. The normalized spacial score (nSPS) is 12.3. The molecule has 2 aromatic carbocycles. The number of benzene rings is 2. The van der Waals surface area contributed by atoms with Crippen LogP contribution in [0.15, 0.2) is 71.8 Å². The van der Waals surface area contributed by atoms with E-state index in [9.17, 15) is 9.59 Å². The predicted molar refractivity (Wildman–Crippen MR) is 111 cm³/mol. The molecular weight excluding hydrogens is 382 g/mol. The van der Waals surface area contributed by atoms with Crippen molar-refractivity contribution in [1.82, 2.24) is 24.7 Å². The van der Waals surface area contributed by atoms with Gasteiger partial charge in [-0.1, -0.05) is 42.5 Å². The average Bonchev–Trinajstić information content (AvgIpc) is 3.37. The molecule has 0 amide bonds. The molecule has 0 saturated carbocycles. The van der Waals surface area contributed by atoms with E-state index in [1.807, 2.05) is 54.6 Å². The number of aromatic amines is 2. The molecule has 5 rings (SSSR count). The molecule has 2 N–H and O–H groups in total. The summed E-state index contributed by atoms with van der Waals surface area (Å²) in [5.41, 5.74) is 3.07. The summed E-state index contributed by atoms with van der Waals surface area (Å²) in [6, 6.07) is 17.1. The van der Waals surface area contributed by atoms with Gasteiger partial charge in [0.2, 0.25) is 0 Å². The summed E-state index contributed by atoms with van der Waals surface area (Å²) in [5, 5.41) is 6.41. The molecule has 0 spiro atoms. The molecule has 2 aliphatic rings. The summed E-state index contributed by atoms with van der Waals surface area (Å²) < 4.78 is 6.71. The first-order valence-corrected chi connectivity index (χ1v) is 9.33. The molecule has 0 fully saturated rings. The molecule has 30 heavy (non-hydrogen) atoms. The maximum Gasteiger partial charge on any atom is 0.341 e. The van der Waals surface area contributed by atoms with Crippen molar-refractivity contribution in [2.24, 2.45) is 0 Å². The summed E-state index contributed by atoms with van der Waals surface area (Å²) >= 11 is 0. The molecule has 0 saturated heterocycles. The number of ether oxygens (including phenoxy) is 1. The minimum Gasteiger partial charge on any atom is -0.465 e. The van der Waals surface area contributed by atoms with Gasteiger partial charge in [0.05, 0.1) is 23.7 Å². The lowest BCUT2D eigenvalue weighted by atomic mass is 10.0. The summed E-state index contributed by atoms with van der Waals surface area (Å²) in [5.74, 6) is 0.107. The van der Waals surface area contributed by atoms with Crippen molar-refractivity contribution in [3.63, 3.8) is 0 Å². The van der Waals surface area contributed by atoms with Crippen LogP contribution in [0.2, 0.25) is 0 Å². The van der Waals surface area contributed by atoms with E-state index < -0.39 is 12.0 Å². The fourth-order valence-electron chi connectivity index (χ4n) is 3.67. The van der Waals surface area contributed by atoms with E-state index in [1.54, 1.807) is 17.0 Å². The monoisotopic (exact) mass is 399 g/mol. The van der Waals surface area contributed by atoms with E-state index in [-0.39, 0.29) is 16.8 Å². The van der Waals surface area contributed by atoms with Gasteiger partial charge in [0.25, 0.3) is 5.56 Å². The van der Waals surface area contributed by atoms with Gasteiger partial charge in [-0.25, -0.2) is 14.9 Å². The van der Waals surface area contributed by atoms with Gasteiger partial charge in [-0.3, -0.25) is 4.79 Å². The van der Waals surface area contributed by atoms with Gasteiger partial charge in [0.1, 0.15) is 23.1 Å². The lowest BCUT2D eigenvalue weighted by molar-refractivity contribution is 0.0600. The van der Waals surface area contributed by atoms with E-state index in [0.717, 1.165) is 16.6 Å². The summed E-state index contributed by atoms with van der Waals surface area (Å²) in [7, 11) is 1.30. The Morgan fingerprint density at radius 1 is 1.07 bits per heavy atom. The molecule has 1 atom stereocenters. The van der Waals surface area contributed by atoms with Gasteiger partial charge >= 0.3 is 5.97 Å².